The van der Waals surface area contributed by atoms with E-state index < -0.39 is 12.2 Å². The molecule has 0 saturated heterocycles. The van der Waals surface area contributed by atoms with E-state index in [2.05, 4.69) is 20.6 Å². The van der Waals surface area contributed by atoms with E-state index in [4.69, 9.17) is 9.47 Å². The summed E-state index contributed by atoms with van der Waals surface area (Å²) in [4.78, 5) is 8.69. The van der Waals surface area contributed by atoms with Crippen LogP contribution in [0.4, 0.5) is 4.39 Å². The number of rotatable bonds is 9. The predicted molar refractivity (Wildman–Crippen MR) is 172 cm³/mol. The highest BCUT2D eigenvalue weighted by Crippen LogP contribution is 2.48. The van der Waals surface area contributed by atoms with Crippen LogP contribution >= 0.6 is 0 Å². The van der Waals surface area contributed by atoms with Crippen LogP contribution in [0.2, 0.25) is 0 Å². The molecule has 9 heteroatoms. The summed E-state index contributed by atoms with van der Waals surface area (Å²) in [5.41, 5.74) is 5.78. The van der Waals surface area contributed by atoms with Crippen molar-refractivity contribution in [2.45, 2.75) is 101 Å². The van der Waals surface area contributed by atoms with Crippen molar-refractivity contribution in [1.82, 2.24) is 19.1 Å². The first kappa shape index (κ1) is 29.8. The molecule has 0 radical (unpaired) electrons. The molecule has 2 aromatic carbocycles. The van der Waals surface area contributed by atoms with Crippen molar-refractivity contribution in [3.05, 3.63) is 78.4 Å². The van der Waals surface area contributed by atoms with Crippen LogP contribution in [-0.2, 0) is 4.74 Å². The Hall–Kier alpha value is -3.53. The first-order chi connectivity index (χ1) is 22.5. The number of ether oxygens (including phenoxy) is 2. The van der Waals surface area contributed by atoms with E-state index in [1.807, 2.05) is 35.3 Å². The first-order valence-electron chi connectivity index (χ1n) is 17.0. The van der Waals surface area contributed by atoms with E-state index in [9.17, 15) is 14.6 Å². The van der Waals surface area contributed by atoms with Gasteiger partial charge in [-0.2, -0.15) is 0 Å². The zero-order valence-corrected chi connectivity index (χ0v) is 26.3. The van der Waals surface area contributed by atoms with Crippen LogP contribution in [0.5, 0.6) is 5.75 Å². The third-order valence-corrected chi connectivity index (χ3v) is 11.3. The molecule has 0 bridgehead atoms. The van der Waals surface area contributed by atoms with Gasteiger partial charge in [-0.25, -0.2) is 14.4 Å². The lowest BCUT2D eigenvalue weighted by Gasteiger charge is -2.38. The van der Waals surface area contributed by atoms with Gasteiger partial charge in [-0.05, 0) is 87.3 Å². The molecule has 2 saturated carbocycles. The molecular weight excluding hydrogens is 583 g/mol. The minimum Gasteiger partial charge on any atom is -0.496 e. The van der Waals surface area contributed by atoms with Crippen LogP contribution in [0.25, 0.3) is 22.5 Å². The van der Waals surface area contributed by atoms with Crippen LogP contribution in [0, 0.1) is 17.7 Å². The zero-order valence-electron chi connectivity index (χ0n) is 26.3. The highest BCUT2D eigenvalue weighted by molar-refractivity contribution is 5.75. The lowest BCUT2D eigenvalue weighted by molar-refractivity contribution is -0.0795. The van der Waals surface area contributed by atoms with Crippen molar-refractivity contribution >= 4 is 0 Å². The molecule has 0 amide bonds. The standard InChI is InChI=1S/C37H43FN4O4/c1-45-35-10-4-8-26-29(41-20-40-19-32(41)37(26)35)16-34(44)23-5-2-6-25(15-23)46-24-13-11-22(12-14-24)33(43)17-30-36-27(7-3-9-28(36)38)31-18-39-21-42(30)31/h3-4,7-10,18-25,29-30,33-34,43-44H,2,5-6,11-17H2,1H3. The summed E-state index contributed by atoms with van der Waals surface area (Å²) in [6.07, 6.45) is 15.4. The number of methoxy groups -OCH3 is 1. The Morgan fingerprint density at radius 3 is 2.35 bits per heavy atom. The molecule has 2 N–H and O–H groups in total. The summed E-state index contributed by atoms with van der Waals surface area (Å²) in [7, 11) is 1.70. The molecule has 2 aromatic heterocycles. The number of aliphatic hydroxyl groups excluding tert-OH is 2. The van der Waals surface area contributed by atoms with Gasteiger partial charge in [-0.1, -0.05) is 30.7 Å². The highest BCUT2D eigenvalue weighted by atomic mass is 19.1. The molecule has 0 spiro atoms. The number of fused-ring (bicyclic) bond motifs is 6. The highest BCUT2D eigenvalue weighted by Gasteiger charge is 2.38. The van der Waals surface area contributed by atoms with E-state index in [0.717, 1.165) is 79.6 Å². The molecule has 6 atom stereocenters. The molecule has 4 aromatic rings. The van der Waals surface area contributed by atoms with Crippen LogP contribution in [0.15, 0.2) is 61.4 Å². The van der Waals surface area contributed by atoms with Gasteiger partial charge in [-0.15, -0.1) is 0 Å². The first-order valence-corrected chi connectivity index (χ1v) is 17.0. The van der Waals surface area contributed by atoms with E-state index >= 15 is 0 Å². The topological polar surface area (TPSA) is 94.6 Å². The molecule has 2 fully saturated rings. The van der Waals surface area contributed by atoms with E-state index in [1.165, 1.54) is 11.6 Å². The van der Waals surface area contributed by atoms with Crippen molar-refractivity contribution in [3.63, 3.8) is 0 Å². The second-order valence-corrected chi connectivity index (χ2v) is 13.9. The number of benzene rings is 2. The summed E-state index contributed by atoms with van der Waals surface area (Å²) in [5, 5.41) is 22.9. The molecule has 2 aliphatic carbocycles. The molecule has 4 aliphatic rings. The second-order valence-electron chi connectivity index (χ2n) is 13.9. The largest absolute Gasteiger partial charge is 0.496 e. The van der Waals surface area contributed by atoms with E-state index in [1.54, 1.807) is 25.7 Å². The average Bonchev–Trinajstić information content (AvgIpc) is 3.86. The summed E-state index contributed by atoms with van der Waals surface area (Å²) in [6.45, 7) is 0. The Labute approximate surface area is 269 Å². The lowest BCUT2D eigenvalue weighted by Crippen LogP contribution is -2.36. The second kappa shape index (κ2) is 12.2. The molecule has 4 heterocycles. The van der Waals surface area contributed by atoms with E-state index in [-0.39, 0.29) is 41.9 Å². The summed E-state index contributed by atoms with van der Waals surface area (Å²) in [6, 6.07) is 11.1. The number of aromatic nitrogens is 4. The van der Waals surface area contributed by atoms with Crippen molar-refractivity contribution < 1.29 is 24.1 Å². The minimum atomic E-state index is -0.516. The Bertz CT molecular complexity index is 1690. The number of halogens is 1. The van der Waals surface area contributed by atoms with Crippen molar-refractivity contribution in [3.8, 4) is 28.3 Å². The zero-order chi connectivity index (χ0) is 31.4. The van der Waals surface area contributed by atoms with E-state index in [0.29, 0.717) is 18.4 Å². The quantitative estimate of drug-likeness (QED) is 0.215. The molecule has 2 aliphatic heterocycles. The fraction of sp³-hybridized carbons (Fsp3) is 0.514. The number of nitrogens with zero attached hydrogens (tertiary/aromatic N) is 4. The number of hydrogen-bond acceptors (Lipinski definition) is 6. The molecule has 6 unspecified atom stereocenters. The molecule has 242 valence electrons. The number of aliphatic hydroxyl groups is 2. The Balaban J connectivity index is 0.854. The molecular formula is C37H43FN4O4. The van der Waals surface area contributed by atoms with Gasteiger partial charge >= 0.3 is 0 Å². The van der Waals surface area contributed by atoms with Crippen molar-refractivity contribution in [2.75, 3.05) is 7.11 Å². The maximum atomic E-state index is 14.9. The SMILES string of the molecule is COc1cccc2c1-c1cncn1C2CC(O)C1CCCC(OC2CCC(C(O)CC3c4c(F)cccc4-c4cncn43)CC2)C1. The molecule has 46 heavy (non-hydrogen) atoms. The third-order valence-electron chi connectivity index (χ3n) is 11.3. The van der Waals surface area contributed by atoms with Crippen molar-refractivity contribution in [1.29, 1.82) is 0 Å². The maximum Gasteiger partial charge on any atom is 0.129 e. The minimum absolute atomic E-state index is 0.0372. The van der Waals surface area contributed by atoms with Crippen molar-refractivity contribution in [2.24, 2.45) is 11.8 Å². The van der Waals surface area contributed by atoms with Gasteiger partial charge in [0.25, 0.3) is 0 Å². The third kappa shape index (κ3) is 5.17. The van der Waals surface area contributed by atoms with Gasteiger partial charge in [0.2, 0.25) is 0 Å². The van der Waals surface area contributed by atoms with Crippen LogP contribution in [-0.4, -0.2) is 60.8 Å². The lowest BCUT2D eigenvalue weighted by atomic mass is 9.79. The number of hydrogen-bond donors (Lipinski definition) is 2. The summed E-state index contributed by atoms with van der Waals surface area (Å²) >= 11 is 0. The van der Waals surface area contributed by atoms with Gasteiger partial charge in [0.15, 0.2) is 0 Å². The van der Waals surface area contributed by atoms with Gasteiger partial charge in [0.1, 0.15) is 11.6 Å². The van der Waals surface area contributed by atoms with Crippen LogP contribution in [0.3, 0.4) is 0 Å². The summed E-state index contributed by atoms with van der Waals surface area (Å²) < 4.78 is 31.4. The fourth-order valence-electron chi connectivity index (χ4n) is 9.02. The van der Waals surface area contributed by atoms with Crippen LogP contribution in [0.1, 0.15) is 87.4 Å². The average molecular weight is 627 g/mol. The molecule has 8 rings (SSSR count). The van der Waals surface area contributed by atoms with Crippen LogP contribution < -0.4 is 4.74 Å². The predicted octanol–water partition coefficient (Wildman–Crippen LogP) is 6.70. The normalized spacial score (nSPS) is 27.8. The maximum absolute atomic E-state index is 14.9. The number of imidazole rings is 2. The van der Waals surface area contributed by atoms with Gasteiger partial charge in [0, 0.05) is 16.7 Å². The summed E-state index contributed by atoms with van der Waals surface area (Å²) in [5.74, 6) is 0.992. The fourth-order valence-corrected chi connectivity index (χ4v) is 9.02. The molecule has 8 nitrogen and oxygen atoms in total. The smallest absolute Gasteiger partial charge is 0.129 e. The monoisotopic (exact) mass is 626 g/mol. The Morgan fingerprint density at radius 2 is 1.54 bits per heavy atom. The Kier molecular flexibility index (Phi) is 7.95. The van der Waals surface area contributed by atoms with Gasteiger partial charge in [0.05, 0.1) is 80.0 Å². The van der Waals surface area contributed by atoms with Gasteiger partial charge < -0.3 is 28.8 Å². The Morgan fingerprint density at radius 1 is 0.826 bits per heavy atom. The van der Waals surface area contributed by atoms with Gasteiger partial charge in [-0.3, -0.25) is 0 Å².